The van der Waals surface area contributed by atoms with Gasteiger partial charge >= 0.3 is 12.1 Å². The Morgan fingerprint density at radius 1 is 1.40 bits per heavy atom. The van der Waals surface area contributed by atoms with Gasteiger partial charge in [0.1, 0.15) is 6.10 Å². The lowest BCUT2D eigenvalue weighted by atomic mass is 9.84. The molecule has 4 heterocycles. The van der Waals surface area contributed by atoms with Crippen molar-refractivity contribution in [2.45, 2.75) is 37.3 Å². The maximum Gasteiger partial charge on any atom is 0.490 e. The van der Waals surface area contributed by atoms with E-state index in [4.69, 9.17) is 19.4 Å². The second kappa shape index (κ2) is 9.00. The van der Waals surface area contributed by atoms with Crippen LogP contribution >= 0.6 is 0 Å². The Morgan fingerprint density at radius 3 is 2.70 bits per heavy atom. The molecule has 2 aromatic heterocycles. The Labute approximate surface area is 171 Å². The molecule has 2 aliphatic heterocycles. The molecule has 1 spiro atoms. The molecule has 0 bridgehead atoms. The van der Waals surface area contributed by atoms with Crippen molar-refractivity contribution >= 4 is 5.97 Å². The molecule has 0 radical (unpaired) electrons. The first-order valence-corrected chi connectivity index (χ1v) is 9.37. The van der Waals surface area contributed by atoms with E-state index in [1.807, 2.05) is 36.1 Å². The van der Waals surface area contributed by atoms with E-state index in [-0.39, 0.29) is 11.7 Å². The number of likely N-dealkylation sites (tertiary alicyclic amines) is 1. The molecule has 4 rings (SSSR count). The summed E-state index contributed by atoms with van der Waals surface area (Å²) >= 11 is 0. The molecule has 164 valence electrons. The van der Waals surface area contributed by atoms with Gasteiger partial charge in [-0.3, -0.25) is 9.58 Å². The van der Waals surface area contributed by atoms with Gasteiger partial charge in [-0.25, -0.2) is 9.78 Å². The first-order chi connectivity index (χ1) is 14.2. The molecule has 2 fully saturated rings. The molecule has 11 heteroatoms. The largest absolute Gasteiger partial charge is 0.490 e. The predicted molar refractivity (Wildman–Crippen MR) is 98.7 cm³/mol. The first-order valence-electron chi connectivity index (χ1n) is 9.37. The highest BCUT2D eigenvalue weighted by molar-refractivity contribution is 5.73. The third-order valence-electron chi connectivity index (χ3n) is 4.80. The van der Waals surface area contributed by atoms with E-state index in [1.54, 1.807) is 6.20 Å². The number of carboxylic acids is 1. The molecule has 0 aromatic carbocycles. The zero-order valence-electron chi connectivity index (χ0n) is 16.4. The fraction of sp³-hybridized carbons (Fsp3) is 0.526. The van der Waals surface area contributed by atoms with Crippen molar-refractivity contribution in [1.82, 2.24) is 19.7 Å². The van der Waals surface area contributed by atoms with Crippen molar-refractivity contribution in [3.63, 3.8) is 0 Å². The van der Waals surface area contributed by atoms with Gasteiger partial charge in [0.05, 0.1) is 18.4 Å². The molecule has 0 aliphatic carbocycles. The van der Waals surface area contributed by atoms with Gasteiger partial charge in [0.15, 0.2) is 0 Å². The Balaban J connectivity index is 0.000000318. The van der Waals surface area contributed by atoms with Crippen LogP contribution < -0.4 is 4.74 Å². The molecule has 30 heavy (non-hydrogen) atoms. The van der Waals surface area contributed by atoms with Gasteiger partial charge in [-0.2, -0.15) is 18.3 Å². The summed E-state index contributed by atoms with van der Waals surface area (Å²) in [7, 11) is 1.95. The number of pyridine rings is 1. The second-order valence-corrected chi connectivity index (χ2v) is 7.40. The fourth-order valence-electron chi connectivity index (χ4n) is 3.58. The van der Waals surface area contributed by atoms with Crippen LogP contribution in [0.1, 0.15) is 18.4 Å². The summed E-state index contributed by atoms with van der Waals surface area (Å²) in [6, 6.07) is 5.77. The number of hydrogen-bond acceptors (Lipinski definition) is 6. The Morgan fingerprint density at radius 2 is 2.13 bits per heavy atom. The van der Waals surface area contributed by atoms with Crippen LogP contribution in [0.25, 0.3) is 0 Å². The third kappa shape index (κ3) is 5.92. The topological polar surface area (TPSA) is 89.7 Å². The number of aromatic nitrogens is 3. The lowest BCUT2D eigenvalue weighted by molar-refractivity contribution is -0.192. The summed E-state index contributed by atoms with van der Waals surface area (Å²) in [4.78, 5) is 15.6. The van der Waals surface area contributed by atoms with Gasteiger partial charge in [0.2, 0.25) is 5.88 Å². The molecule has 1 atom stereocenters. The van der Waals surface area contributed by atoms with Crippen LogP contribution in [-0.2, 0) is 23.1 Å². The number of hydrogen-bond donors (Lipinski definition) is 1. The van der Waals surface area contributed by atoms with Gasteiger partial charge < -0.3 is 14.6 Å². The molecular weight excluding hydrogens is 405 g/mol. The monoisotopic (exact) mass is 428 g/mol. The van der Waals surface area contributed by atoms with Crippen molar-refractivity contribution in [2.24, 2.45) is 7.05 Å². The minimum atomic E-state index is -5.08. The fourth-order valence-corrected chi connectivity index (χ4v) is 3.58. The number of halogens is 3. The average Bonchev–Trinajstić information content (AvgIpc) is 3.06. The molecule has 8 nitrogen and oxygen atoms in total. The number of aryl methyl sites for hydroxylation is 1. The lowest BCUT2D eigenvalue weighted by Crippen LogP contribution is -2.65. The predicted octanol–water partition coefficient (Wildman–Crippen LogP) is 2.26. The number of carbonyl (C=O) groups is 1. The van der Waals surface area contributed by atoms with Crippen LogP contribution in [0.2, 0.25) is 0 Å². The number of alkyl halides is 3. The maximum atomic E-state index is 10.6. The van der Waals surface area contributed by atoms with Gasteiger partial charge in [-0.15, -0.1) is 0 Å². The SMILES string of the molecule is Cn1cc(CN2CC3(CC(Oc4ccccn4)CCO3)C2)cn1.O=C(O)C(F)(F)F. The molecule has 2 aliphatic rings. The highest BCUT2D eigenvalue weighted by Crippen LogP contribution is 2.36. The smallest absolute Gasteiger partial charge is 0.475 e. The van der Waals surface area contributed by atoms with Crippen LogP contribution in [0.4, 0.5) is 13.2 Å². The highest BCUT2D eigenvalue weighted by atomic mass is 19.4. The van der Waals surface area contributed by atoms with E-state index in [0.29, 0.717) is 5.88 Å². The van der Waals surface area contributed by atoms with Crippen molar-refractivity contribution in [1.29, 1.82) is 0 Å². The molecule has 2 saturated heterocycles. The molecule has 1 unspecified atom stereocenters. The quantitative estimate of drug-likeness (QED) is 0.799. The van der Waals surface area contributed by atoms with Crippen LogP contribution in [0.3, 0.4) is 0 Å². The number of aliphatic carboxylic acids is 1. The second-order valence-electron chi connectivity index (χ2n) is 7.40. The minimum absolute atomic E-state index is 0.0418. The van der Waals surface area contributed by atoms with Gasteiger partial charge in [-0.05, 0) is 6.07 Å². The number of rotatable bonds is 4. The number of ether oxygens (including phenoxy) is 2. The van der Waals surface area contributed by atoms with Gasteiger partial charge in [0, 0.05) is 63.5 Å². The summed E-state index contributed by atoms with van der Waals surface area (Å²) < 4.78 is 45.7. The molecular formula is C19H23F3N4O4. The van der Waals surface area contributed by atoms with E-state index < -0.39 is 12.1 Å². The standard InChI is InChI=1S/C17H22N4O2.C2HF3O2/c1-20-10-14(9-19-20)11-21-12-17(13-21)8-15(5-7-22-17)23-16-4-2-3-6-18-16;3-2(4,5)1(6)7/h2-4,6,9-10,15H,5,7-8,11-13H2,1H3;(H,6,7). The van der Waals surface area contributed by atoms with Gasteiger partial charge in [0.25, 0.3) is 0 Å². The molecule has 0 saturated carbocycles. The van der Waals surface area contributed by atoms with Crippen LogP contribution in [-0.4, -0.2) is 68.3 Å². The summed E-state index contributed by atoms with van der Waals surface area (Å²) in [6.07, 6.45) is 2.75. The number of nitrogens with zero attached hydrogens (tertiary/aromatic N) is 4. The van der Waals surface area contributed by atoms with Crippen molar-refractivity contribution in [2.75, 3.05) is 19.7 Å². The molecule has 0 amide bonds. The van der Waals surface area contributed by atoms with E-state index in [1.165, 1.54) is 5.56 Å². The van der Waals surface area contributed by atoms with Crippen molar-refractivity contribution in [3.05, 3.63) is 42.4 Å². The zero-order valence-corrected chi connectivity index (χ0v) is 16.4. The first kappa shape index (κ1) is 22.0. The Kier molecular flexibility index (Phi) is 6.61. The Bertz CT molecular complexity index is 838. The maximum absolute atomic E-state index is 10.6. The summed E-state index contributed by atoms with van der Waals surface area (Å²) in [5.41, 5.74) is 1.21. The zero-order chi connectivity index (χ0) is 21.8. The Hall–Kier alpha value is -2.66. The summed E-state index contributed by atoms with van der Waals surface area (Å²) in [5.74, 6) is -2.05. The van der Waals surface area contributed by atoms with E-state index in [0.717, 1.165) is 39.1 Å². The lowest BCUT2D eigenvalue weighted by Gasteiger charge is -2.53. The van der Waals surface area contributed by atoms with Crippen LogP contribution in [0.15, 0.2) is 36.8 Å². The average molecular weight is 428 g/mol. The normalized spacial score (nSPS) is 20.7. The van der Waals surface area contributed by atoms with Crippen molar-refractivity contribution < 1.29 is 32.5 Å². The molecule has 2 aromatic rings. The third-order valence-corrected chi connectivity index (χ3v) is 4.80. The van der Waals surface area contributed by atoms with Crippen LogP contribution in [0.5, 0.6) is 5.88 Å². The van der Waals surface area contributed by atoms with E-state index in [9.17, 15) is 13.2 Å². The van der Waals surface area contributed by atoms with E-state index >= 15 is 0 Å². The minimum Gasteiger partial charge on any atom is -0.475 e. The summed E-state index contributed by atoms with van der Waals surface area (Å²) in [5, 5.41) is 11.3. The summed E-state index contributed by atoms with van der Waals surface area (Å²) in [6.45, 7) is 3.62. The van der Waals surface area contributed by atoms with Crippen LogP contribution in [0, 0.1) is 0 Å². The highest BCUT2D eigenvalue weighted by Gasteiger charge is 2.48. The molecule has 1 N–H and O–H groups in total. The van der Waals surface area contributed by atoms with E-state index in [2.05, 4.69) is 21.2 Å². The van der Waals surface area contributed by atoms with Gasteiger partial charge in [-0.1, -0.05) is 6.07 Å². The number of carboxylic acid groups (broad SMARTS) is 1. The van der Waals surface area contributed by atoms with Crippen molar-refractivity contribution in [3.8, 4) is 5.88 Å².